The molecule has 4 rings (SSSR count). The first-order chi connectivity index (χ1) is 12.6. The van der Waals surface area contributed by atoms with Crippen LogP contribution in [0, 0.1) is 6.92 Å². The third-order valence-electron chi connectivity index (χ3n) is 4.32. The summed E-state index contributed by atoms with van der Waals surface area (Å²) in [4.78, 5) is 2.20. The zero-order valence-corrected chi connectivity index (χ0v) is 14.9. The van der Waals surface area contributed by atoms with Gasteiger partial charge in [0.2, 0.25) is 0 Å². The molecule has 0 aliphatic heterocycles. The number of aromatic hydroxyl groups is 1. The summed E-state index contributed by atoms with van der Waals surface area (Å²) < 4.78 is 2.08. The highest BCUT2D eigenvalue weighted by molar-refractivity contribution is 7.15. The maximum atomic E-state index is 9.66. The molecule has 6 heteroatoms. The second-order valence-corrected chi connectivity index (χ2v) is 7.28. The van der Waals surface area contributed by atoms with E-state index in [0.29, 0.717) is 5.56 Å². The molecular weight excluding hydrogens is 346 g/mol. The summed E-state index contributed by atoms with van der Waals surface area (Å²) in [6.45, 7) is 2.05. The van der Waals surface area contributed by atoms with Gasteiger partial charge in [0, 0.05) is 16.0 Å². The van der Waals surface area contributed by atoms with Crippen LogP contribution < -0.4 is 5.73 Å². The van der Waals surface area contributed by atoms with E-state index in [9.17, 15) is 10.3 Å². The molecule has 0 aliphatic rings. The summed E-state index contributed by atoms with van der Waals surface area (Å²) in [6.07, 6.45) is 0. The van der Waals surface area contributed by atoms with Gasteiger partial charge in [-0.1, -0.05) is 23.4 Å². The normalized spacial score (nSPS) is 12.0. The molecule has 0 bridgehead atoms. The van der Waals surface area contributed by atoms with Crippen molar-refractivity contribution in [1.29, 1.82) is 0 Å². The number of aromatic nitrogens is 1. The first kappa shape index (κ1) is 16.2. The second kappa shape index (κ2) is 6.24. The lowest BCUT2D eigenvalue weighted by atomic mass is 10.1. The topological polar surface area (TPSA) is 83.8 Å². The molecule has 0 saturated carbocycles. The number of rotatable bonds is 3. The average molecular weight is 363 g/mol. The Bertz CT molecular complexity index is 1120. The summed E-state index contributed by atoms with van der Waals surface area (Å²) in [5.74, 6) is 0.273. The molecule has 2 aromatic heterocycles. The molecule has 0 aliphatic carbocycles. The zero-order chi connectivity index (χ0) is 18.3. The van der Waals surface area contributed by atoms with Gasteiger partial charge in [0.05, 0.1) is 21.7 Å². The van der Waals surface area contributed by atoms with Crippen molar-refractivity contribution in [1.82, 2.24) is 4.57 Å². The first-order valence-electron chi connectivity index (χ1n) is 8.07. The van der Waals surface area contributed by atoms with Crippen molar-refractivity contribution in [2.24, 2.45) is 10.9 Å². The van der Waals surface area contributed by atoms with Crippen LogP contribution >= 0.6 is 11.3 Å². The summed E-state index contributed by atoms with van der Waals surface area (Å²) in [5, 5.41) is 23.2. The van der Waals surface area contributed by atoms with Gasteiger partial charge in [0.1, 0.15) is 5.75 Å². The number of aryl methyl sites for hydroxylation is 1. The Balaban J connectivity index is 2.17. The largest absolute Gasteiger partial charge is 0.508 e. The number of nitrogens with two attached hydrogens (primary N) is 1. The zero-order valence-electron chi connectivity index (χ0n) is 14.0. The SMILES string of the molecule is Cc1ccc(-c2c(/C(N)=N/O)c3ccccc3n2-c2ccc(O)cc2)s1. The average Bonchev–Trinajstić information content (AvgIpc) is 3.23. The Hall–Kier alpha value is -3.25. The van der Waals surface area contributed by atoms with Crippen molar-refractivity contribution >= 4 is 28.1 Å². The van der Waals surface area contributed by atoms with Crippen LogP contribution in [0.2, 0.25) is 0 Å². The molecule has 2 heterocycles. The minimum Gasteiger partial charge on any atom is -0.508 e. The monoisotopic (exact) mass is 363 g/mol. The van der Waals surface area contributed by atoms with Gasteiger partial charge in [0.15, 0.2) is 5.84 Å². The number of nitrogens with zero attached hydrogens (tertiary/aromatic N) is 2. The summed E-state index contributed by atoms with van der Waals surface area (Å²) in [7, 11) is 0. The van der Waals surface area contributed by atoms with Gasteiger partial charge < -0.3 is 20.6 Å². The Morgan fingerprint density at radius 2 is 1.77 bits per heavy atom. The summed E-state index contributed by atoms with van der Waals surface area (Å²) in [5.41, 5.74) is 9.46. The van der Waals surface area contributed by atoms with Crippen LogP contribution in [-0.4, -0.2) is 20.7 Å². The Kier molecular flexibility index (Phi) is 3.89. The molecular formula is C20H17N3O2S. The van der Waals surface area contributed by atoms with Crippen LogP contribution in [0.25, 0.3) is 27.2 Å². The van der Waals surface area contributed by atoms with Gasteiger partial charge in [-0.3, -0.25) is 0 Å². The number of para-hydroxylation sites is 1. The van der Waals surface area contributed by atoms with Gasteiger partial charge in [0.25, 0.3) is 0 Å². The quantitative estimate of drug-likeness (QED) is 0.217. The van der Waals surface area contributed by atoms with Crippen LogP contribution in [0.5, 0.6) is 5.75 Å². The molecule has 0 amide bonds. The number of phenols is 1. The fraction of sp³-hybridized carbons (Fsp3) is 0.0500. The standard InChI is InChI=1S/C20H17N3O2S/c1-12-6-11-17(26-12)19-18(20(21)22-25)15-4-2-3-5-16(15)23(19)13-7-9-14(24)10-8-13/h2-11,24-25H,1H3,(H2,21,22). The van der Waals surface area contributed by atoms with E-state index in [4.69, 9.17) is 5.73 Å². The molecule has 0 radical (unpaired) electrons. The molecule has 0 atom stereocenters. The van der Waals surface area contributed by atoms with E-state index >= 15 is 0 Å². The van der Waals surface area contributed by atoms with Crippen LogP contribution in [0.1, 0.15) is 10.4 Å². The lowest BCUT2D eigenvalue weighted by Crippen LogP contribution is -2.14. The number of fused-ring (bicyclic) bond motifs is 1. The van der Waals surface area contributed by atoms with Crippen molar-refractivity contribution < 1.29 is 10.3 Å². The predicted octanol–water partition coefficient (Wildman–Crippen LogP) is 4.47. The highest BCUT2D eigenvalue weighted by Gasteiger charge is 2.23. The van der Waals surface area contributed by atoms with Crippen molar-refractivity contribution in [2.45, 2.75) is 6.92 Å². The highest BCUT2D eigenvalue weighted by Crippen LogP contribution is 2.39. The molecule has 0 saturated heterocycles. The first-order valence-corrected chi connectivity index (χ1v) is 8.89. The predicted molar refractivity (Wildman–Crippen MR) is 106 cm³/mol. The number of benzene rings is 2. The van der Waals surface area contributed by atoms with E-state index in [-0.39, 0.29) is 11.6 Å². The second-order valence-electron chi connectivity index (χ2n) is 5.99. The van der Waals surface area contributed by atoms with Gasteiger partial charge in [-0.25, -0.2) is 0 Å². The van der Waals surface area contributed by atoms with Crippen molar-refractivity contribution in [2.75, 3.05) is 0 Å². The Labute approximate surface area is 154 Å². The summed E-state index contributed by atoms with van der Waals surface area (Å²) >= 11 is 1.65. The molecule has 0 spiro atoms. The van der Waals surface area contributed by atoms with Gasteiger partial charge >= 0.3 is 0 Å². The van der Waals surface area contributed by atoms with Crippen LogP contribution in [-0.2, 0) is 0 Å². The van der Waals surface area contributed by atoms with E-state index in [2.05, 4.69) is 15.8 Å². The Morgan fingerprint density at radius 1 is 1.04 bits per heavy atom. The van der Waals surface area contributed by atoms with Crippen LogP contribution in [0.15, 0.2) is 65.8 Å². The lowest BCUT2D eigenvalue weighted by molar-refractivity contribution is 0.318. The van der Waals surface area contributed by atoms with E-state index in [0.717, 1.165) is 27.2 Å². The number of phenolic OH excluding ortho intramolecular Hbond substituents is 1. The molecule has 26 heavy (non-hydrogen) atoms. The van der Waals surface area contributed by atoms with Crippen LogP contribution in [0.3, 0.4) is 0 Å². The maximum absolute atomic E-state index is 9.66. The smallest absolute Gasteiger partial charge is 0.172 e. The summed E-state index contributed by atoms with van der Waals surface area (Å²) in [6, 6.07) is 18.9. The lowest BCUT2D eigenvalue weighted by Gasteiger charge is -2.11. The van der Waals surface area contributed by atoms with Crippen LogP contribution in [0.4, 0.5) is 0 Å². The molecule has 2 aromatic carbocycles. The van der Waals surface area contributed by atoms with Crippen molar-refractivity contribution in [3.05, 3.63) is 71.1 Å². The number of thiophene rings is 1. The van der Waals surface area contributed by atoms with E-state index in [1.54, 1.807) is 23.5 Å². The van der Waals surface area contributed by atoms with E-state index < -0.39 is 0 Å². The van der Waals surface area contributed by atoms with E-state index in [1.165, 1.54) is 4.88 Å². The molecule has 0 fully saturated rings. The molecule has 4 N–H and O–H groups in total. The molecule has 130 valence electrons. The van der Waals surface area contributed by atoms with Crippen molar-refractivity contribution in [3.63, 3.8) is 0 Å². The number of hydrogen-bond donors (Lipinski definition) is 3. The molecule has 5 nitrogen and oxygen atoms in total. The molecule has 4 aromatic rings. The Morgan fingerprint density at radius 3 is 2.42 bits per heavy atom. The number of amidine groups is 1. The van der Waals surface area contributed by atoms with Crippen molar-refractivity contribution in [3.8, 4) is 22.0 Å². The fourth-order valence-corrected chi connectivity index (χ4v) is 4.12. The van der Waals surface area contributed by atoms with Gasteiger partial charge in [-0.05, 0) is 49.4 Å². The number of hydrogen-bond acceptors (Lipinski definition) is 4. The third kappa shape index (κ3) is 2.51. The fourth-order valence-electron chi connectivity index (χ4n) is 3.21. The number of oxime groups is 1. The maximum Gasteiger partial charge on any atom is 0.172 e. The minimum absolute atomic E-state index is 0.0692. The van der Waals surface area contributed by atoms with Gasteiger partial charge in [-0.15, -0.1) is 11.3 Å². The highest BCUT2D eigenvalue weighted by atomic mass is 32.1. The molecule has 0 unspecified atom stereocenters. The van der Waals surface area contributed by atoms with Gasteiger partial charge in [-0.2, -0.15) is 0 Å². The minimum atomic E-state index is 0.0692. The van der Waals surface area contributed by atoms with E-state index in [1.807, 2.05) is 49.4 Å². The third-order valence-corrected chi connectivity index (χ3v) is 5.33.